The average molecular weight is 285 g/mol. The number of primary amides is 1. The third-order valence-corrected chi connectivity index (χ3v) is 3.38. The summed E-state index contributed by atoms with van der Waals surface area (Å²) in [5.74, 6) is -0.269. The van der Waals surface area contributed by atoms with Gasteiger partial charge in [0.15, 0.2) is 0 Å². The zero-order valence-corrected chi connectivity index (χ0v) is 12.1. The number of benzene rings is 2. The SMILES string of the molecule is C[C@@H](NC(N)=O)C(=O)N[C@H](C)c1ccc2ccccc2c1. The van der Waals surface area contributed by atoms with E-state index >= 15 is 0 Å². The second kappa shape index (κ2) is 6.26. The molecule has 21 heavy (non-hydrogen) atoms. The van der Waals surface area contributed by atoms with Crippen LogP contribution in [0, 0.1) is 0 Å². The van der Waals surface area contributed by atoms with Gasteiger partial charge in [0.2, 0.25) is 5.91 Å². The molecule has 2 aromatic rings. The Hall–Kier alpha value is -2.56. The zero-order valence-electron chi connectivity index (χ0n) is 12.1. The molecular formula is C16H19N3O2. The van der Waals surface area contributed by atoms with Crippen LogP contribution in [0.25, 0.3) is 10.8 Å². The molecular weight excluding hydrogens is 266 g/mol. The van der Waals surface area contributed by atoms with Crippen molar-refractivity contribution in [2.75, 3.05) is 0 Å². The van der Waals surface area contributed by atoms with E-state index in [0.29, 0.717) is 0 Å². The van der Waals surface area contributed by atoms with Gasteiger partial charge in [-0.3, -0.25) is 4.79 Å². The number of amides is 3. The lowest BCUT2D eigenvalue weighted by atomic mass is 10.0. The molecule has 0 spiro atoms. The van der Waals surface area contributed by atoms with Gasteiger partial charge in [-0.2, -0.15) is 0 Å². The highest BCUT2D eigenvalue weighted by Gasteiger charge is 2.17. The van der Waals surface area contributed by atoms with Gasteiger partial charge in [0.05, 0.1) is 6.04 Å². The number of hydrogen-bond acceptors (Lipinski definition) is 2. The highest BCUT2D eigenvalue weighted by molar-refractivity contribution is 5.87. The molecule has 0 saturated heterocycles. The fourth-order valence-electron chi connectivity index (χ4n) is 2.18. The van der Waals surface area contributed by atoms with E-state index in [-0.39, 0.29) is 11.9 Å². The van der Waals surface area contributed by atoms with Gasteiger partial charge in [-0.1, -0.05) is 36.4 Å². The minimum absolute atomic E-state index is 0.153. The van der Waals surface area contributed by atoms with E-state index in [1.54, 1.807) is 6.92 Å². The van der Waals surface area contributed by atoms with Gasteiger partial charge in [-0.25, -0.2) is 4.79 Å². The highest BCUT2D eigenvalue weighted by Crippen LogP contribution is 2.20. The molecule has 4 N–H and O–H groups in total. The Morgan fingerprint density at radius 2 is 1.67 bits per heavy atom. The van der Waals surface area contributed by atoms with Crippen LogP contribution in [0.3, 0.4) is 0 Å². The van der Waals surface area contributed by atoms with E-state index < -0.39 is 12.1 Å². The number of urea groups is 1. The number of nitrogens with one attached hydrogen (secondary N) is 2. The van der Waals surface area contributed by atoms with E-state index in [0.717, 1.165) is 16.3 Å². The van der Waals surface area contributed by atoms with E-state index in [1.165, 1.54) is 0 Å². The molecule has 5 heteroatoms. The lowest BCUT2D eigenvalue weighted by molar-refractivity contribution is -0.123. The van der Waals surface area contributed by atoms with Crippen molar-refractivity contribution in [3.05, 3.63) is 48.0 Å². The predicted octanol–water partition coefficient (Wildman–Crippen LogP) is 2.07. The minimum atomic E-state index is -0.712. The Morgan fingerprint density at radius 1 is 1.00 bits per heavy atom. The predicted molar refractivity (Wildman–Crippen MR) is 82.7 cm³/mol. The summed E-state index contributed by atoms with van der Waals surface area (Å²) in [6.45, 7) is 3.49. The largest absolute Gasteiger partial charge is 0.352 e. The number of fused-ring (bicyclic) bond motifs is 1. The van der Waals surface area contributed by atoms with Crippen LogP contribution in [0.4, 0.5) is 4.79 Å². The smallest absolute Gasteiger partial charge is 0.312 e. The normalized spacial score (nSPS) is 13.4. The molecule has 0 aliphatic rings. The summed E-state index contributed by atoms with van der Waals surface area (Å²) in [6.07, 6.45) is 0. The highest BCUT2D eigenvalue weighted by atomic mass is 16.2. The molecule has 0 heterocycles. The number of hydrogen-bond donors (Lipinski definition) is 3. The van der Waals surface area contributed by atoms with Gasteiger partial charge in [-0.15, -0.1) is 0 Å². The van der Waals surface area contributed by atoms with Crippen LogP contribution in [0.1, 0.15) is 25.5 Å². The van der Waals surface area contributed by atoms with Crippen LogP contribution < -0.4 is 16.4 Å². The van der Waals surface area contributed by atoms with Crippen LogP contribution >= 0.6 is 0 Å². The Morgan fingerprint density at radius 3 is 2.33 bits per heavy atom. The minimum Gasteiger partial charge on any atom is -0.352 e. The average Bonchev–Trinajstić information content (AvgIpc) is 2.45. The molecule has 0 fully saturated rings. The molecule has 2 atom stereocenters. The molecule has 0 radical (unpaired) electrons. The quantitative estimate of drug-likeness (QED) is 0.803. The first-order valence-corrected chi connectivity index (χ1v) is 6.82. The second-order valence-electron chi connectivity index (χ2n) is 5.07. The number of carbonyl (C=O) groups excluding carboxylic acids is 2. The third kappa shape index (κ3) is 3.72. The van der Waals surface area contributed by atoms with Crippen molar-refractivity contribution in [2.45, 2.75) is 25.9 Å². The standard InChI is InChI=1S/C16H19N3O2/c1-10(18-15(20)11(2)19-16(17)21)13-8-7-12-5-3-4-6-14(12)9-13/h3-11H,1-2H3,(H,18,20)(H3,17,19,21)/t10-,11-/m1/s1. The molecule has 0 aromatic heterocycles. The lowest BCUT2D eigenvalue weighted by Crippen LogP contribution is -2.47. The molecule has 2 aromatic carbocycles. The monoisotopic (exact) mass is 285 g/mol. The first kappa shape index (κ1) is 14.8. The van der Waals surface area contributed by atoms with Gasteiger partial charge >= 0.3 is 6.03 Å². The van der Waals surface area contributed by atoms with Crippen LogP contribution in [0.15, 0.2) is 42.5 Å². The van der Waals surface area contributed by atoms with Crippen molar-refractivity contribution in [2.24, 2.45) is 5.73 Å². The molecule has 3 amide bonds. The summed E-state index contributed by atoms with van der Waals surface area (Å²) in [5, 5.41) is 7.49. The Bertz CT molecular complexity index is 669. The third-order valence-electron chi connectivity index (χ3n) is 3.38. The maximum atomic E-state index is 11.9. The van der Waals surface area contributed by atoms with Gasteiger partial charge in [0, 0.05) is 0 Å². The van der Waals surface area contributed by atoms with E-state index in [4.69, 9.17) is 5.73 Å². The summed E-state index contributed by atoms with van der Waals surface area (Å²) >= 11 is 0. The number of carbonyl (C=O) groups is 2. The Labute approximate surface area is 123 Å². The van der Waals surface area contributed by atoms with Crippen LogP contribution in [-0.2, 0) is 4.79 Å². The summed E-state index contributed by atoms with van der Waals surface area (Å²) in [6, 6.07) is 12.6. The number of nitrogens with two attached hydrogens (primary N) is 1. The topological polar surface area (TPSA) is 84.2 Å². The maximum absolute atomic E-state index is 11.9. The molecule has 0 saturated carbocycles. The van der Waals surface area contributed by atoms with Gasteiger partial charge in [0.1, 0.15) is 6.04 Å². The van der Waals surface area contributed by atoms with Gasteiger partial charge in [-0.05, 0) is 36.2 Å². The fourth-order valence-corrected chi connectivity index (χ4v) is 2.18. The van der Waals surface area contributed by atoms with E-state index in [9.17, 15) is 9.59 Å². The first-order valence-electron chi connectivity index (χ1n) is 6.82. The molecule has 5 nitrogen and oxygen atoms in total. The molecule has 2 rings (SSSR count). The fraction of sp³-hybridized carbons (Fsp3) is 0.250. The second-order valence-corrected chi connectivity index (χ2v) is 5.07. The molecule has 110 valence electrons. The Balaban J connectivity index is 2.09. The van der Waals surface area contributed by atoms with E-state index in [2.05, 4.69) is 10.6 Å². The van der Waals surface area contributed by atoms with Crippen molar-refractivity contribution in [1.29, 1.82) is 0 Å². The zero-order chi connectivity index (χ0) is 15.4. The molecule has 0 bridgehead atoms. The maximum Gasteiger partial charge on any atom is 0.312 e. The van der Waals surface area contributed by atoms with Crippen molar-refractivity contribution < 1.29 is 9.59 Å². The molecule has 0 aliphatic carbocycles. The summed E-state index contributed by atoms with van der Waals surface area (Å²) < 4.78 is 0. The van der Waals surface area contributed by atoms with Crippen molar-refractivity contribution in [1.82, 2.24) is 10.6 Å². The Kier molecular flexibility index (Phi) is 4.42. The summed E-state index contributed by atoms with van der Waals surface area (Å²) in [4.78, 5) is 22.7. The number of rotatable bonds is 4. The molecule has 0 aliphatic heterocycles. The summed E-state index contributed by atoms with van der Waals surface area (Å²) in [7, 11) is 0. The van der Waals surface area contributed by atoms with Gasteiger partial charge < -0.3 is 16.4 Å². The van der Waals surface area contributed by atoms with Crippen LogP contribution in [0.5, 0.6) is 0 Å². The first-order chi connectivity index (χ1) is 9.97. The van der Waals surface area contributed by atoms with Crippen molar-refractivity contribution in [3.8, 4) is 0 Å². The van der Waals surface area contributed by atoms with Gasteiger partial charge in [0.25, 0.3) is 0 Å². The van der Waals surface area contributed by atoms with Crippen LogP contribution in [-0.4, -0.2) is 18.0 Å². The van der Waals surface area contributed by atoms with Crippen LogP contribution in [0.2, 0.25) is 0 Å². The van der Waals surface area contributed by atoms with Crippen molar-refractivity contribution in [3.63, 3.8) is 0 Å². The van der Waals surface area contributed by atoms with E-state index in [1.807, 2.05) is 49.4 Å². The van der Waals surface area contributed by atoms with Crippen molar-refractivity contribution >= 4 is 22.7 Å². The molecule has 0 unspecified atom stereocenters. The lowest BCUT2D eigenvalue weighted by Gasteiger charge is -2.18. The summed E-state index contributed by atoms with van der Waals surface area (Å²) in [5.41, 5.74) is 6.01.